The van der Waals surface area contributed by atoms with Crippen LogP contribution in [0.2, 0.25) is 0 Å². The third kappa shape index (κ3) is 5.68. The fraction of sp³-hybridized carbons (Fsp3) is 0.833. The van der Waals surface area contributed by atoms with Gasteiger partial charge in [0.15, 0.2) is 0 Å². The van der Waals surface area contributed by atoms with Crippen molar-refractivity contribution in [1.29, 1.82) is 0 Å². The van der Waals surface area contributed by atoms with Crippen LogP contribution in [-0.2, 0) is 9.53 Å². The van der Waals surface area contributed by atoms with E-state index in [1.807, 2.05) is 0 Å². The summed E-state index contributed by atoms with van der Waals surface area (Å²) in [6, 6.07) is 0. The van der Waals surface area contributed by atoms with Gasteiger partial charge in [0.05, 0.1) is 6.10 Å². The molecule has 0 fully saturated rings. The number of carbonyl (C=O) groups is 1. The molecule has 0 bridgehead atoms. The molecule has 0 aliphatic rings. The minimum atomic E-state index is -5.01. The van der Waals surface area contributed by atoms with Gasteiger partial charge in [-0.3, -0.25) is 4.79 Å². The molecule has 1 amide bonds. The van der Waals surface area contributed by atoms with Gasteiger partial charge in [-0.1, -0.05) is 0 Å². The fourth-order valence-corrected chi connectivity index (χ4v) is 0.560. The Bertz CT molecular complexity index is 193. The number of rotatable bonds is 4. The molecule has 0 aliphatic carbocycles. The zero-order valence-electron chi connectivity index (χ0n) is 7.07. The van der Waals surface area contributed by atoms with Crippen LogP contribution < -0.4 is 5.32 Å². The summed E-state index contributed by atoms with van der Waals surface area (Å²) < 4.78 is 61.5. The lowest BCUT2D eigenvalue weighted by molar-refractivity contribution is -0.177. The average Bonchev–Trinajstić information content (AvgIpc) is 1.96. The number of halogens is 5. The molecular formula is C6H8F5NO2. The number of ether oxygens (including phenoxy) is 1. The van der Waals surface area contributed by atoms with Gasteiger partial charge >= 0.3 is 18.7 Å². The standard InChI is InChI=1S/C6H8F5NO2/c1-3(14-5(7)8)2-12-4(13)6(9,10)11/h3,5H,2H2,1H3,(H,12,13)/t3-/m1/s1. The van der Waals surface area contributed by atoms with E-state index in [9.17, 15) is 26.7 Å². The van der Waals surface area contributed by atoms with E-state index in [-0.39, 0.29) is 0 Å². The third-order valence-electron chi connectivity index (χ3n) is 1.14. The summed E-state index contributed by atoms with van der Waals surface area (Å²) in [7, 11) is 0. The summed E-state index contributed by atoms with van der Waals surface area (Å²) in [6.07, 6.45) is -6.19. The van der Waals surface area contributed by atoms with Crippen LogP contribution in [0.1, 0.15) is 6.92 Å². The molecular weight excluding hydrogens is 213 g/mol. The minimum absolute atomic E-state index is 0.622. The maximum absolute atomic E-state index is 11.6. The zero-order valence-corrected chi connectivity index (χ0v) is 7.07. The Balaban J connectivity index is 3.78. The van der Waals surface area contributed by atoms with Gasteiger partial charge in [-0.25, -0.2) is 0 Å². The van der Waals surface area contributed by atoms with Crippen molar-refractivity contribution in [1.82, 2.24) is 5.32 Å². The molecule has 0 saturated carbocycles. The molecule has 0 unspecified atom stereocenters. The maximum atomic E-state index is 11.6. The Morgan fingerprint density at radius 2 is 1.93 bits per heavy atom. The fourth-order valence-electron chi connectivity index (χ4n) is 0.560. The van der Waals surface area contributed by atoms with Crippen LogP contribution in [-0.4, -0.2) is 31.3 Å². The van der Waals surface area contributed by atoms with Crippen molar-refractivity contribution in [2.24, 2.45) is 0 Å². The Kier molecular flexibility index (Phi) is 4.75. The molecule has 84 valence electrons. The minimum Gasteiger partial charge on any atom is -0.346 e. The molecule has 0 heterocycles. The molecule has 0 saturated heterocycles. The van der Waals surface area contributed by atoms with Crippen LogP contribution in [0.3, 0.4) is 0 Å². The molecule has 14 heavy (non-hydrogen) atoms. The van der Waals surface area contributed by atoms with Gasteiger partial charge in [0, 0.05) is 6.54 Å². The van der Waals surface area contributed by atoms with E-state index in [2.05, 4.69) is 4.74 Å². The first-order chi connectivity index (χ1) is 6.23. The second-order valence-corrected chi connectivity index (χ2v) is 2.42. The number of hydrogen-bond donors (Lipinski definition) is 1. The van der Waals surface area contributed by atoms with E-state index in [0.717, 1.165) is 6.92 Å². The molecule has 0 aliphatic heterocycles. The van der Waals surface area contributed by atoms with Gasteiger partial charge in [-0.05, 0) is 6.92 Å². The van der Waals surface area contributed by atoms with Crippen molar-refractivity contribution < 1.29 is 31.5 Å². The van der Waals surface area contributed by atoms with Crippen molar-refractivity contribution >= 4 is 5.91 Å². The summed E-state index contributed by atoms with van der Waals surface area (Å²) in [6.45, 7) is -2.58. The van der Waals surface area contributed by atoms with Crippen molar-refractivity contribution in [3.05, 3.63) is 0 Å². The van der Waals surface area contributed by atoms with E-state index < -0.39 is 31.3 Å². The first-order valence-corrected chi connectivity index (χ1v) is 3.52. The second kappa shape index (κ2) is 5.08. The van der Waals surface area contributed by atoms with Crippen LogP contribution in [0.4, 0.5) is 22.0 Å². The van der Waals surface area contributed by atoms with Crippen molar-refractivity contribution in [2.45, 2.75) is 25.8 Å². The normalized spacial score (nSPS) is 14.2. The molecule has 0 spiro atoms. The highest BCUT2D eigenvalue weighted by molar-refractivity contribution is 5.81. The lowest BCUT2D eigenvalue weighted by Crippen LogP contribution is -2.41. The van der Waals surface area contributed by atoms with Crippen LogP contribution in [0.25, 0.3) is 0 Å². The number of amides is 1. The SMILES string of the molecule is C[C@H](CNC(=O)C(F)(F)F)OC(F)F. The van der Waals surface area contributed by atoms with Gasteiger partial charge in [-0.15, -0.1) is 0 Å². The molecule has 0 aromatic carbocycles. The predicted molar refractivity (Wildman–Crippen MR) is 35.6 cm³/mol. The van der Waals surface area contributed by atoms with Crippen molar-refractivity contribution in [3.8, 4) is 0 Å². The molecule has 1 N–H and O–H groups in total. The van der Waals surface area contributed by atoms with E-state index in [1.165, 1.54) is 5.32 Å². The molecule has 0 radical (unpaired) electrons. The second-order valence-electron chi connectivity index (χ2n) is 2.42. The van der Waals surface area contributed by atoms with Gasteiger partial charge in [-0.2, -0.15) is 22.0 Å². The van der Waals surface area contributed by atoms with Gasteiger partial charge < -0.3 is 10.1 Å². The average molecular weight is 221 g/mol. The highest BCUT2D eigenvalue weighted by Gasteiger charge is 2.38. The molecule has 3 nitrogen and oxygen atoms in total. The van der Waals surface area contributed by atoms with E-state index >= 15 is 0 Å². The summed E-state index contributed by atoms with van der Waals surface area (Å²) in [5, 5.41) is 1.41. The molecule has 0 rings (SSSR count). The Morgan fingerprint density at radius 3 is 2.29 bits per heavy atom. The Labute approximate surface area is 76.2 Å². The summed E-state index contributed by atoms with van der Waals surface area (Å²) >= 11 is 0. The number of hydrogen-bond acceptors (Lipinski definition) is 2. The monoisotopic (exact) mass is 221 g/mol. The van der Waals surface area contributed by atoms with E-state index in [1.54, 1.807) is 0 Å². The largest absolute Gasteiger partial charge is 0.471 e. The molecule has 8 heteroatoms. The van der Waals surface area contributed by atoms with Crippen molar-refractivity contribution in [2.75, 3.05) is 6.54 Å². The zero-order chi connectivity index (χ0) is 11.4. The summed E-state index contributed by atoms with van der Waals surface area (Å²) in [5.74, 6) is -2.18. The van der Waals surface area contributed by atoms with Gasteiger partial charge in [0.1, 0.15) is 0 Å². The van der Waals surface area contributed by atoms with Crippen molar-refractivity contribution in [3.63, 3.8) is 0 Å². The van der Waals surface area contributed by atoms with Gasteiger partial charge in [0.25, 0.3) is 0 Å². The van der Waals surface area contributed by atoms with Crippen LogP contribution in [0, 0.1) is 0 Å². The summed E-state index contributed by atoms with van der Waals surface area (Å²) in [5.41, 5.74) is 0. The topological polar surface area (TPSA) is 38.3 Å². The van der Waals surface area contributed by atoms with Crippen LogP contribution in [0.5, 0.6) is 0 Å². The van der Waals surface area contributed by atoms with Gasteiger partial charge in [0.2, 0.25) is 0 Å². The highest BCUT2D eigenvalue weighted by atomic mass is 19.4. The lowest BCUT2D eigenvalue weighted by atomic mass is 10.4. The van der Waals surface area contributed by atoms with Crippen LogP contribution in [0.15, 0.2) is 0 Å². The summed E-state index contributed by atoms with van der Waals surface area (Å²) in [4.78, 5) is 10.2. The number of nitrogens with one attached hydrogen (secondary N) is 1. The molecule has 1 atom stereocenters. The number of alkyl halides is 5. The highest BCUT2D eigenvalue weighted by Crippen LogP contribution is 2.14. The first-order valence-electron chi connectivity index (χ1n) is 3.52. The maximum Gasteiger partial charge on any atom is 0.471 e. The molecule has 0 aromatic heterocycles. The van der Waals surface area contributed by atoms with Crippen LogP contribution >= 0.6 is 0 Å². The number of carbonyl (C=O) groups excluding carboxylic acids is 1. The first kappa shape index (κ1) is 13.1. The lowest BCUT2D eigenvalue weighted by Gasteiger charge is -2.13. The Hall–Kier alpha value is -0.920. The van der Waals surface area contributed by atoms with E-state index in [0.29, 0.717) is 0 Å². The smallest absolute Gasteiger partial charge is 0.346 e. The van der Waals surface area contributed by atoms with E-state index in [4.69, 9.17) is 0 Å². The Morgan fingerprint density at radius 1 is 1.43 bits per heavy atom. The predicted octanol–water partition coefficient (Wildman–Crippen LogP) is 1.29. The molecule has 0 aromatic rings. The quantitative estimate of drug-likeness (QED) is 0.726. The third-order valence-corrected chi connectivity index (χ3v) is 1.14.